The van der Waals surface area contributed by atoms with Crippen LogP contribution in [-0.4, -0.2) is 14.7 Å². The molecule has 0 aliphatic heterocycles. The highest BCUT2D eigenvalue weighted by Crippen LogP contribution is 2.24. The average Bonchev–Trinajstić information content (AvgIpc) is 2.54. The maximum absolute atomic E-state index is 11.4. The molecule has 0 atom stereocenters. The molecule has 88 valence electrons. The Kier molecular flexibility index (Phi) is 2.81. The number of nitrogen functional groups attached to an aromatic ring is 1. The second kappa shape index (κ2) is 4.02. The number of hydrogen-bond acceptors (Lipinski definition) is 4. The maximum atomic E-state index is 11.4. The molecule has 1 aromatic heterocycles. The van der Waals surface area contributed by atoms with Crippen molar-refractivity contribution in [2.24, 2.45) is 0 Å². The van der Waals surface area contributed by atoms with E-state index in [0.29, 0.717) is 16.6 Å². The van der Waals surface area contributed by atoms with Crippen molar-refractivity contribution in [2.75, 3.05) is 12.0 Å². The van der Waals surface area contributed by atoms with Crippen LogP contribution in [0.25, 0.3) is 10.2 Å². The van der Waals surface area contributed by atoms with E-state index in [4.69, 9.17) is 12.2 Å². The lowest BCUT2D eigenvalue weighted by molar-refractivity contribution is -0.640. The van der Waals surface area contributed by atoms with Crippen LogP contribution in [-0.2, 0) is 16.4 Å². The zero-order chi connectivity index (χ0) is 12.6. The summed E-state index contributed by atoms with van der Waals surface area (Å²) >= 11 is 1.33. The second-order valence-corrected chi connectivity index (χ2v) is 6.71. The van der Waals surface area contributed by atoms with Crippen LogP contribution in [0.5, 0.6) is 0 Å². The number of rotatable bonds is 2. The summed E-state index contributed by atoms with van der Waals surface area (Å²) in [7, 11) is -3.19. The number of fused-ring (bicyclic) bond motifs is 1. The van der Waals surface area contributed by atoms with E-state index >= 15 is 0 Å². The largest absolute Gasteiger partial charge is 0.333 e. The lowest BCUT2D eigenvalue weighted by atomic mass is 10.3. The SMILES string of the molecule is C#CC[n+]1c(N)sc2cc(S(C)(=O)=O)ccc21. The molecule has 0 unspecified atom stereocenters. The molecular weight excluding hydrogens is 256 g/mol. The number of anilines is 1. The zero-order valence-electron chi connectivity index (χ0n) is 9.17. The van der Waals surface area contributed by atoms with Gasteiger partial charge in [0.2, 0.25) is 0 Å². The number of nitrogens with two attached hydrogens (primary N) is 1. The van der Waals surface area contributed by atoms with Crippen LogP contribution in [0.15, 0.2) is 23.1 Å². The van der Waals surface area contributed by atoms with E-state index in [-0.39, 0.29) is 0 Å². The van der Waals surface area contributed by atoms with Crippen molar-refractivity contribution in [1.82, 2.24) is 0 Å². The van der Waals surface area contributed by atoms with Crippen LogP contribution in [0.2, 0.25) is 0 Å². The predicted octanol–water partition coefficient (Wildman–Crippen LogP) is 0.808. The molecule has 6 heteroatoms. The first-order chi connectivity index (χ1) is 7.93. The number of nitrogens with zero attached hydrogens (tertiary/aromatic N) is 1. The van der Waals surface area contributed by atoms with E-state index < -0.39 is 9.84 Å². The van der Waals surface area contributed by atoms with E-state index in [1.165, 1.54) is 17.6 Å². The molecule has 2 rings (SSSR count). The number of benzene rings is 1. The van der Waals surface area contributed by atoms with Gasteiger partial charge in [-0.25, -0.2) is 13.0 Å². The van der Waals surface area contributed by atoms with Crippen molar-refractivity contribution in [3.8, 4) is 12.3 Å². The van der Waals surface area contributed by atoms with Crippen molar-refractivity contribution >= 4 is 36.5 Å². The minimum atomic E-state index is -3.19. The molecular formula is C11H11N2O2S2+. The first-order valence-corrected chi connectivity index (χ1v) is 7.49. The van der Waals surface area contributed by atoms with Gasteiger partial charge in [0.05, 0.1) is 9.60 Å². The van der Waals surface area contributed by atoms with E-state index in [2.05, 4.69) is 5.92 Å². The Balaban J connectivity index is 2.71. The average molecular weight is 267 g/mol. The third-order valence-corrected chi connectivity index (χ3v) is 4.47. The Labute approximate surface area is 104 Å². The highest BCUT2D eigenvalue weighted by molar-refractivity contribution is 7.90. The summed E-state index contributed by atoms with van der Waals surface area (Å²) in [6.45, 7) is 0.379. The van der Waals surface area contributed by atoms with Crippen LogP contribution < -0.4 is 10.3 Å². The fourth-order valence-electron chi connectivity index (χ4n) is 1.57. The van der Waals surface area contributed by atoms with Crippen LogP contribution in [0.1, 0.15) is 0 Å². The summed E-state index contributed by atoms with van der Waals surface area (Å²) in [5.41, 5.74) is 6.69. The molecule has 0 saturated carbocycles. The molecule has 1 aromatic carbocycles. The first kappa shape index (κ1) is 11.9. The number of hydrogen-bond donors (Lipinski definition) is 1. The molecule has 0 radical (unpaired) electrons. The van der Waals surface area contributed by atoms with Crippen LogP contribution in [0, 0.1) is 12.3 Å². The van der Waals surface area contributed by atoms with Gasteiger partial charge in [-0.15, -0.1) is 6.42 Å². The van der Waals surface area contributed by atoms with Gasteiger partial charge in [-0.05, 0) is 29.5 Å². The van der Waals surface area contributed by atoms with Gasteiger partial charge in [0.1, 0.15) is 5.52 Å². The fraction of sp³-hybridized carbons (Fsp3) is 0.182. The number of thiazole rings is 1. The summed E-state index contributed by atoms with van der Waals surface area (Å²) in [6, 6.07) is 4.92. The van der Waals surface area contributed by atoms with Gasteiger partial charge in [-0.2, -0.15) is 0 Å². The lowest BCUT2D eigenvalue weighted by Gasteiger charge is -1.97. The van der Waals surface area contributed by atoms with Crippen LogP contribution >= 0.6 is 11.3 Å². The highest BCUT2D eigenvalue weighted by Gasteiger charge is 2.16. The topological polar surface area (TPSA) is 64.0 Å². The normalized spacial score (nSPS) is 11.5. The molecule has 1 heterocycles. The van der Waals surface area contributed by atoms with Crippen LogP contribution in [0.4, 0.5) is 5.13 Å². The molecule has 0 saturated heterocycles. The Morgan fingerprint density at radius 2 is 2.24 bits per heavy atom. The molecule has 2 N–H and O–H groups in total. The molecule has 0 aliphatic rings. The van der Waals surface area contributed by atoms with Crippen molar-refractivity contribution in [3.05, 3.63) is 18.2 Å². The summed E-state index contributed by atoms with van der Waals surface area (Å²) < 4.78 is 25.5. The molecule has 4 nitrogen and oxygen atoms in total. The Hall–Kier alpha value is -1.58. The van der Waals surface area contributed by atoms with Gasteiger partial charge in [-0.3, -0.25) is 5.73 Å². The van der Waals surface area contributed by atoms with E-state index in [1.54, 1.807) is 22.8 Å². The van der Waals surface area contributed by atoms with Gasteiger partial charge in [0.15, 0.2) is 16.4 Å². The minimum absolute atomic E-state index is 0.291. The summed E-state index contributed by atoms with van der Waals surface area (Å²) in [5.74, 6) is 2.52. The summed E-state index contributed by atoms with van der Waals surface area (Å²) in [6.07, 6.45) is 6.44. The van der Waals surface area contributed by atoms with Crippen molar-refractivity contribution in [2.45, 2.75) is 11.4 Å². The van der Waals surface area contributed by atoms with Gasteiger partial charge < -0.3 is 0 Å². The summed E-state index contributed by atoms with van der Waals surface area (Å²) in [4.78, 5) is 0.291. The third-order valence-electron chi connectivity index (χ3n) is 2.38. The Bertz CT molecular complexity index is 724. The van der Waals surface area contributed by atoms with E-state index in [1.807, 2.05) is 0 Å². The zero-order valence-corrected chi connectivity index (χ0v) is 10.8. The monoisotopic (exact) mass is 267 g/mol. The molecule has 2 aromatic rings. The number of aromatic nitrogens is 1. The molecule has 0 amide bonds. The highest BCUT2D eigenvalue weighted by atomic mass is 32.2. The molecule has 17 heavy (non-hydrogen) atoms. The number of sulfone groups is 1. The molecule has 0 fully saturated rings. The Morgan fingerprint density at radius 1 is 1.53 bits per heavy atom. The van der Waals surface area contributed by atoms with Gasteiger partial charge >= 0.3 is 5.13 Å². The smallest absolute Gasteiger partial charge is 0.278 e. The minimum Gasteiger partial charge on any atom is -0.278 e. The van der Waals surface area contributed by atoms with Crippen molar-refractivity contribution in [1.29, 1.82) is 0 Å². The quantitative estimate of drug-likeness (QED) is 0.647. The molecule has 0 aliphatic carbocycles. The fourth-order valence-corrected chi connectivity index (χ4v) is 3.26. The first-order valence-electron chi connectivity index (χ1n) is 4.79. The third kappa shape index (κ3) is 2.12. The lowest BCUT2D eigenvalue weighted by Crippen LogP contribution is -2.34. The molecule has 0 bridgehead atoms. The second-order valence-electron chi connectivity index (χ2n) is 3.63. The maximum Gasteiger partial charge on any atom is 0.333 e. The molecule has 0 spiro atoms. The number of terminal acetylenes is 1. The Morgan fingerprint density at radius 3 is 2.82 bits per heavy atom. The standard InChI is InChI=1S/C11H10N2O2S2/c1-3-6-13-9-5-4-8(17(2,14)15)7-10(9)16-11(13)12/h1,4-5,7,12H,6H2,2H3/p+1. The van der Waals surface area contributed by atoms with Crippen LogP contribution in [0.3, 0.4) is 0 Å². The van der Waals surface area contributed by atoms with E-state index in [9.17, 15) is 8.42 Å². The predicted molar refractivity (Wildman–Crippen MR) is 68.4 cm³/mol. The van der Waals surface area contributed by atoms with Crippen molar-refractivity contribution < 1.29 is 13.0 Å². The van der Waals surface area contributed by atoms with Gasteiger partial charge in [-0.1, -0.05) is 5.92 Å². The summed E-state index contributed by atoms with van der Waals surface area (Å²) in [5, 5.41) is 0.573. The van der Waals surface area contributed by atoms with Gasteiger partial charge in [0, 0.05) is 6.26 Å². The van der Waals surface area contributed by atoms with Gasteiger partial charge in [0.25, 0.3) is 0 Å². The van der Waals surface area contributed by atoms with E-state index in [0.717, 1.165) is 10.2 Å². The van der Waals surface area contributed by atoms with Crippen molar-refractivity contribution in [3.63, 3.8) is 0 Å².